The molecule has 1 aromatic carbocycles. The van der Waals surface area contributed by atoms with E-state index in [-0.39, 0.29) is 11.9 Å². The van der Waals surface area contributed by atoms with Crippen molar-refractivity contribution in [2.75, 3.05) is 0 Å². The minimum Gasteiger partial charge on any atom is -0.391 e. The molecule has 2 atom stereocenters. The lowest BCUT2D eigenvalue weighted by atomic mass is 10.0. The van der Waals surface area contributed by atoms with E-state index in [9.17, 15) is 9.90 Å². The summed E-state index contributed by atoms with van der Waals surface area (Å²) in [6.07, 6.45) is 3.95. The van der Waals surface area contributed by atoms with Crippen molar-refractivity contribution in [1.29, 1.82) is 0 Å². The van der Waals surface area contributed by atoms with Crippen LogP contribution < -0.4 is 5.32 Å². The van der Waals surface area contributed by atoms with E-state index in [0.717, 1.165) is 11.1 Å². The van der Waals surface area contributed by atoms with E-state index in [0.29, 0.717) is 19.4 Å². The van der Waals surface area contributed by atoms with Crippen LogP contribution in [0.1, 0.15) is 24.5 Å². The van der Waals surface area contributed by atoms with Crippen LogP contribution in [0.4, 0.5) is 0 Å². The summed E-state index contributed by atoms with van der Waals surface area (Å²) in [6.45, 7) is 4.33. The Balaban J connectivity index is 1.75. The molecule has 2 rings (SSSR count). The Morgan fingerprint density at radius 2 is 2.09 bits per heavy atom. The lowest BCUT2D eigenvalue weighted by Gasteiger charge is -2.20. The quantitative estimate of drug-likeness (QED) is 0.818. The second kappa shape index (κ2) is 7.75. The number of amides is 1. The van der Waals surface area contributed by atoms with E-state index >= 15 is 0 Å². The van der Waals surface area contributed by atoms with E-state index in [1.165, 1.54) is 0 Å². The predicted molar refractivity (Wildman–Crippen MR) is 85.3 cm³/mol. The Morgan fingerprint density at radius 3 is 2.73 bits per heavy atom. The van der Waals surface area contributed by atoms with Gasteiger partial charge >= 0.3 is 0 Å². The van der Waals surface area contributed by atoms with E-state index in [1.54, 1.807) is 10.9 Å². The molecular weight excluding hydrogens is 278 g/mol. The maximum atomic E-state index is 11.9. The van der Waals surface area contributed by atoms with Gasteiger partial charge in [-0.15, -0.1) is 0 Å². The predicted octanol–water partition coefficient (Wildman–Crippen LogP) is 1.69. The van der Waals surface area contributed by atoms with Gasteiger partial charge in [-0.2, -0.15) is 5.10 Å². The van der Waals surface area contributed by atoms with Gasteiger partial charge in [-0.05, 0) is 25.0 Å². The van der Waals surface area contributed by atoms with Crippen LogP contribution in [0.2, 0.25) is 0 Å². The van der Waals surface area contributed by atoms with Gasteiger partial charge in [0.2, 0.25) is 5.91 Å². The Labute approximate surface area is 131 Å². The number of aryl methyl sites for hydroxylation is 2. The number of benzene rings is 1. The first-order valence-corrected chi connectivity index (χ1v) is 7.55. The first-order valence-electron chi connectivity index (χ1n) is 7.55. The van der Waals surface area contributed by atoms with Crippen LogP contribution in [0, 0.1) is 6.92 Å². The standard InChI is InChI=1S/C17H23N3O2/c1-13-11-18-20(12-13)9-8-17(22)19-14(2)16(21)10-15-6-4-3-5-7-15/h3-7,11-12,14,16,21H,8-10H2,1-2H3,(H,19,22). The van der Waals surface area contributed by atoms with Crippen LogP contribution in [0.15, 0.2) is 42.7 Å². The molecule has 0 aliphatic heterocycles. The fraction of sp³-hybridized carbons (Fsp3) is 0.412. The molecule has 0 fully saturated rings. The van der Waals surface area contributed by atoms with Crippen molar-refractivity contribution < 1.29 is 9.90 Å². The summed E-state index contributed by atoms with van der Waals surface area (Å²) in [6, 6.07) is 9.48. The van der Waals surface area contributed by atoms with Crippen molar-refractivity contribution in [3.63, 3.8) is 0 Å². The summed E-state index contributed by atoms with van der Waals surface area (Å²) in [4.78, 5) is 11.9. The molecule has 1 amide bonds. The molecule has 2 N–H and O–H groups in total. The maximum absolute atomic E-state index is 11.9. The zero-order valence-electron chi connectivity index (χ0n) is 13.1. The summed E-state index contributed by atoms with van der Waals surface area (Å²) in [5, 5.41) is 17.2. The Hall–Kier alpha value is -2.14. The number of hydrogen-bond donors (Lipinski definition) is 2. The summed E-state index contributed by atoms with van der Waals surface area (Å²) in [7, 11) is 0. The van der Waals surface area contributed by atoms with E-state index in [2.05, 4.69) is 10.4 Å². The first kappa shape index (κ1) is 16.2. The number of nitrogens with one attached hydrogen (secondary N) is 1. The first-order chi connectivity index (χ1) is 10.5. The molecule has 0 radical (unpaired) electrons. The topological polar surface area (TPSA) is 67.2 Å². The largest absolute Gasteiger partial charge is 0.391 e. The molecule has 2 aromatic rings. The van der Waals surface area contributed by atoms with Gasteiger partial charge in [0.25, 0.3) is 0 Å². The van der Waals surface area contributed by atoms with Gasteiger partial charge in [-0.1, -0.05) is 30.3 Å². The Bertz CT molecular complexity index is 595. The van der Waals surface area contributed by atoms with Crippen molar-refractivity contribution in [2.45, 2.75) is 45.4 Å². The van der Waals surface area contributed by atoms with Crippen LogP contribution in [-0.2, 0) is 17.8 Å². The summed E-state index contributed by atoms with van der Waals surface area (Å²) < 4.78 is 1.75. The zero-order chi connectivity index (χ0) is 15.9. The molecule has 118 valence electrons. The molecular formula is C17H23N3O2. The van der Waals surface area contributed by atoms with Gasteiger partial charge in [0.1, 0.15) is 0 Å². The molecule has 1 heterocycles. The third-order valence-corrected chi connectivity index (χ3v) is 3.58. The molecule has 0 aliphatic carbocycles. The lowest BCUT2D eigenvalue weighted by molar-refractivity contribution is -0.122. The van der Waals surface area contributed by atoms with E-state index in [4.69, 9.17) is 0 Å². The van der Waals surface area contributed by atoms with Crippen LogP contribution in [0.3, 0.4) is 0 Å². The van der Waals surface area contributed by atoms with Gasteiger partial charge in [0.15, 0.2) is 0 Å². The number of carbonyl (C=O) groups is 1. The molecule has 0 bridgehead atoms. The van der Waals surface area contributed by atoms with Gasteiger partial charge in [-0.25, -0.2) is 0 Å². The highest BCUT2D eigenvalue weighted by atomic mass is 16.3. The number of rotatable bonds is 7. The SMILES string of the molecule is Cc1cnn(CCC(=O)NC(C)C(O)Cc2ccccc2)c1. The van der Waals surface area contributed by atoms with E-state index < -0.39 is 6.10 Å². The Kier molecular flexibility index (Phi) is 5.72. The summed E-state index contributed by atoms with van der Waals surface area (Å²) in [5.41, 5.74) is 2.13. The Morgan fingerprint density at radius 1 is 1.36 bits per heavy atom. The van der Waals surface area contributed by atoms with Gasteiger partial charge in [0, 0.05) is 25.6 Å². The highest BCUT2D eigenvalue weighted by molar-refractivity contribution is 5.76. The fourth-order valence-corrected chi connectivity index (χ4v) is 2.26. The van der Waals surface area contributed by atoms with Gasteiger partial charge < -0.3 is 10.4 Å². The third kappa shape index (κ3) is 5.00. The van der Waals surface area contributed by atoms with Crippen molar-refractivity contribution >= 4 is 5.91 Å². The number of hydrogen-bond acceptors (Lipinski definition) is 3. The average Bonchev–Trinajstić information content (AvgIpc) is 2.92. The molecule has 0 aliphatic rings. The normalized spacial score (nSPS) is 13.6. The second-order valence-corrected chi connectivity index (χ2v) is 5.64. The van der Waals surface area contributed by atoms with Crippen molar-refractivity contribution in [3.05, 3.63) is 53.9 Å². The molecule has 5 nitrogen and oxygen atoms in total. The highest BCUT2D eigenvalue weighted by Gasteiger charge is 2.16. The third-order valence-electron chi connectivity index (χ3n) is 3.58. The minimum atomic E-state index is -0.599. The molecule has 1 aromatic heterocycles. The summed E-state index contributed by atoms with van der Waals surface area (Å²) >= 11 is 0. The van der Waals surface area contributed by atoms with Gasteiger partial charge in [0.05, 0.1) is 18.3 Å². The van der Waals surface area contributed by atoms with Crippen molar-refractivity contribution in [2.24, 2.45) is 0 Å². The number of carbonyl (C=O) groups excluding carboxylic acids is 1. The summed E-state index contributed by atoms with van der Waals surface area (Å²) in [5.74, 6) is -0.0761. The number of aliphatic hydroxyl groups excluding tert-OH is 1. The zero-order valence-corrected chi connectivity index (χ0v) is 13.1. The molecule has 22 heavy (non-hydrogen) atoms. The molecule has 2 unspecified atom stereocenters. The highest BCUT2D eigenvalue weighted by Crippen LogP contribution is 2.06. The molecule has 0 spiro atoms. The smallest absolute Gasteiger partial charge is 0.222 e. The molecule has 0 saturated heterocycles. The van der Waals surface area contributed by atoms with E-state index in [1.807, 2.05) is 50.4 Å². The lowest BCUT2D eigenvalue weighted by Crippen LogP contribution is -2.42. The number of aromatic nitrogens is 2. The minimum absolute atomic E-state index is 0.0761. The maximum Gasteiger partial charge on any atom is 0.222 e. The van der Waals surface area contributed by atoms with Gasteiger partial charge in [-0.3, -0.25) is 9.48 Å². The van der Waals surface area contributed by atoms with Crippen LogP contribution in [0.5, 0.6) is 0 Å². The second-order valence-electron chi connectivity index (χ2n) is 5.64. The number of aliphatic hydroxyl groups is 1. The fourth-order valence-electron chi connectivity index (χ4n) is 2.26. The van der Waals surface area contributed by atoms with Crippen LogP contribution in [-0.4, -0.2) is 32.9 Å². The van der Waals surface area contributed by atoms with Crippen LogP contribution in [0.25, 0.3) is 0 Å². The van der Waals surface area contributed by atoms with Crippen LogP contribution >= 0.6 is 0 Å². The van der Waals surface area contributed by atoms with Crippen molar-refractivity contribution in [1.82, 2.24) is 15.1 Å². The van der Waals surface area contributed by atoms with Crippen molar-refractivity contribution in [3.8, 4) is 0 Å². The molecule has 0 saturated carbocycles. The monoisotopic (exact) mass is 301 g/mol. The number of nitrogens with zero attached hydrogens (tertiary/aromatic N) is 2. The average molecular weight is 301 g/mol. The molecule has 5 heteroatoms.